The SMILES string of the molecule is Cc1cc(-c2ccco2)nc(-c2ccco2)c1. The van der Waals surface area contributed by atoms with Gasteiger partial charge in [-0.2, -0.15) is 0 Å². The monoisotopic (exact) mass is 225 g/mol. The number of furan rings is 2. The van der Waals surface area contributed by atoms with Crippen LogP contribution in [0.5, 0.6) is 0 Å². The zero-order valence-corrected chi connectivity index (χ0v) is 9.38. The van der Waals surface area contributed by atoms with Gasteiger partial charge in [0.05, 0.1) is 12.5 Å². The fourth-order valence-corrected chi connectivity index (χ4v) is 1.77. The van der Waals surface area contributed by atoms with Crippen LogP contribution in [0.4, 0.5) is 0 Å². The van der Waals surface area contributed by atoms with Gasteiger partial charge in [-0.05, 0) is 48.9 Å². The number of aryl methyl sites for hydroxylation is 1. The van der Waals surface area contributed by atoms with Gasteiger partial charge in [-0.15, -0.1) is 0 Å². The first-order valence-electron chi connectivity index (χ1n) is 5.39. The van der Waals surface area contributed by atoms with Crippen molar-refractivity contribution in [1.82, 2.24) is 4.98 Å². The average molecular weight is 225 g/mol. The Morgan fingerprint density at radius 1 is 0.882 bits per heavy atom. The molecule has 3 heteroatoms. The molecule has 0 aliphatic rings. The lowest BCUT2D eigenvalue weighted by atomic mass is 10.1. The number of hydrogen-bond donors (Lipinski definition) is 0. The molecular weight excluding hydrogens is 214 g/mol. The molecular formula is C14H11NO2. The van der Waals surface area contributed by atoms with Crippen molar-refractivity contribution < 1.29 is 8.83 Å². The minimum atomic E-state index is 0.765. The zero-order chi connectivity index (χ0) is 11.7. The molecule has 0 aliphatic carbocycles. The lowest BCUT2D eigenvalue weighted by molar-refractivity contribution is 0.575. The predicted molar refractivity (Wildman–Crippen MR) is 64.4 cm³/mol. The van der Waals surface area contributed by atoms with Crippen molar-refractivity contribution in [2.75, 3.05) is 0 Å². The van der Waals surface area contributed by atoms with Crippen LogP contribution in [0, 0.1) is 6.92 Å². The average Bonchev–Trinajstić information content (AvgIpc) is 3.02. The third kappa shape index (κ3) is 1.87. The highest BCUT2D eigenvalue weighted by Gasteiger charge is 2.08. The van der Waals surface area contributed by atoms with Crippen LogP contribution in [-0.4, -0.2) is 4.98 Å². The van der Waals surface area contributed by atoms with Crippen molar-refractivity contribution in [2.24, 2.45) is 0 Å². The molecule has 3 heterocycles. The van der Waals surface area contributed by atoms with Crippen molar-refractivity contribution in [3.05, 3.63) is 54.5 Å². The highest BCUT2D eigenvalue weighted by atomic mass is 16.3. The van der Waals surface area contributed by atoms with E-state index < -0.39 is 0 Å². The minimum absolute atomic E-state index is 0.765. The fraction of sp³-hybridized carbons (Fsp3) is 0.0714. The second kappa shape index (κ2) is 3.94. The summed E-state index contributed by atoms with van der Waals surface area (Å²) in [7, 11) is 0. The van der Waals surface area contributed by atoms with Crippen LogP contribution in [-0.2, 0) is 0 Å². The van der Waals surface area contributed by atoms with Crippen LogP contribution in [0.25, 0.3) is 22.9 Å². The van der Waals surface area contributed by atoms with E-state index in [-0.39, 0.29) is 0 Å². The van der Waals surface area contributed by atoms with E-state index in [1.165, 1.54) is 0 Å². The minimum Gasteiger partial charge on any atom is -0.463 e. The Labute approximate surface area is 98.7 Å². The Kier molecular flexibility index (Phi) is 2.29. The van der Waals surface area contributed by atoms with Crippen molar-refractivity contribution in [2.45, 2.75) is 6.92 Å². The Balaban J connectivity index is 2.13. The Bertz CT molecular complexity index is 557. The summed E-state index contributed by atoms with van der Waals surface area (Å²) < 4.78 is 10.7. The number of rotatable bonds is 2. The molecule has 0 aliphatic heterocycles. The molecule has 0 bridgehead atoms. The first kappa shape index (κ1) is 9.90. The number of aromatic nitrogens is 1. The molecule has 0 atom stereocenters. The van der Waals surface area contributed by atoms with E-state index in [9.17, 15) is 0 Å². The van der Waals surface area contributed by atoms with Gasteiger partial charge in [-0.25, -0.2) is 4.98 Å². The van der Waals surface area contributed by atoms with E-state index >= 15 is 0 Å². The molecule has 0 unspecified atom stereocenters. The van der Waals surface area contributed by atoms with E-state index in [2.05, 4.69) is 4.98 Å². The summed E-state index contributed by atoms with van der Waals surface area (Å²) in [4.78, 5) is 4.53. The lowest BCUT2D eigenvalue weighted by Crippen LogP contribution is -1.88. The maximum Gasteiger partial charge on any atom is 0.152 e. The predicted octanol–water partition coefficient (Wildman–Crippen LogP) is 3.91. The second-order valence-corrected chi connectivity index (χ2v) is 3.87. The third-order valence-electron chi connectivity index (χ3n) is 2.52. The molecule has 0 saturated heterocycles. The van der Waals surface area contributed by atoms with Gasteiger partial charge < -0.3 is 8.83 Å². The van der Waals surface area contributed by atoms with Crippen LogP contribution in [0.1, 0.15) is 5.56 Å². The van der Waals surface area contributed by atoms with Crippen LogP contribution >= 0.6 is 0 Å². The maximum atomic E-state index is 5.35. The first-order chi connectivity index (χ1) is 8.33. The highest BCUT2D eigenvalue weighted by Crippen LogP contribution is 2.24. The summed E-state index contributed by atoms with van der Waals surface area (Å²) in [5.74, 6) is 1.53. The van der Waals surface area contributed by atoms with Gasteiger partial charge in [0.2, 0.25) is 0 Å². The summed E-state index contributed by atoms with van der Waals surface area (Å²) >= 11 is 0. The molecule has 0 aromatic carbocycles. The molecule has 3 nitrogen and oxygen atoms in total. The summed E-state index contributed by atoms with van der Waals surface area (Å²) in [6, 6.07) is 11.5. The summed E-state index contributed by atoms with van der Waals surface area (Å²) in [5, 5.41) is 0. The van der Waals surface area contributed by atoms with Gasteiger partial charge in [0.25, 0.3) is 0 Å². The van der Waals surface area contributed by atoms with Gasteiger partial charge >= 0.3 is 0 Å². The molecule has 3 aromatic heterocycles. The number of nitrogens with zero attached hydrogens (tertiary/aromatic N) is 1. The highest BCUT2D eigenvalue weighted by molar-refractivity contribution is 5.61. The first-order valence-corrected chi connectivity index (χ1v) is 5.39. The molecule has 0 spiro atoms. The number of hydrogen-bond acceptors (Lipinski definition) is 3. The fourth-order valence-electron chi connectivity index (χ4n) is 1.77. The van der Waals surface area contributed by atoms with Gasteiger partial charge in [0.15, 0.2) is 11.5 Å². The van der Waals surface area contributed by atoms with E-state index in [0.29, 0.717) is 0 Å². The molecule has 3 rings (SSSR count). The molecule has 84 valence electrons. The van der Waals surface area contributed by atoms with E-state index in [1.807, 2.05) is 43.3 Å². The molecule has 3 aromatic rings. The Morgan fingerprint density at radius 2 is 1.41 bits per heavy atom. The second-order valence-electron chi connectivity index (χ2n) is 3.87. The normalized spacial score (nSPS) is 10.6. The van der Waals surface area contributed by atoms with Crippen molar-refractivity contribution >= 4 is 0 Å². The largest absolute Gasteiger partial charge is 0.463 e. The lowest BCUT2D eigenvalue weighted by Gasteiger charge is -2.02. The molecule has 0 N–H and O–H groups in total. The summed E-state index contributed by atoms with van der Waals surface area (Å²) in [6.07, 6.45) is 3.29. The number of pyridine rings is 1. The van der Waals surface area contributed by atoms with E-state index in [4.69, 9.17) is 8.83 Å². The molecule has 0 saturated carbocycles. The Hall–Kier alpha value is -2.29. The quantitative estimate of drug-likeness (QED) is 0.663. The molecule has 0 radical (unpaired) electrons. The van der Waals surface area contributed by atoms with Crippen molar-refractivity contribution in [3.63, 3.8) is 0 Å². The van der Waals surface area contributed by atoms with E-state index in [1.54, 1.807) is 12.5 Å². The zero-order valence-electron chi connectivity index (χ0n) is 9.38. The van der Waals surface area contributed by atoms with Crippen molar-refractivity contribution in [3.8, 4) is 22.9 Å². The third-order valence-corrected chi connectivity index (χ3v) is 2.52. The van der Waals surface area contributed by atoms with Gasteiger partial charge in [-0.1, -0.05) is 0 Å². The van der Waals surface area contributed by atoms with Crippen LogP contribution in [0.3, 0.4) is 0 Å². The van der Waals surface area contributed by atoms with Crippen LogP contribution in [0.15, 0.2) is 57.8 Å². The molecule has 17 heavy (non-hydrogen) atoms. The van der Waals surface area contributed by atoms with Gasteiger partial charge in [0.1, 0.15) is 11.4 Å². The van der Waals surface area contributed by atoms with E-state index in [0.717, 1.165) is 28.5 Å². The smallest absolute Gasteiger partial charge is 0.152 e. The molecule has 0 fully saturated rings. The summed E-state index contributed by atoms with van der Waals surface area (Å²) in [5.41, 5.74) is 2.76. The molecule has 0 amide bonds. The van der Waals surface area contributed by atoms with Crippen LogP contribution in [0.2, 0.25) is 0 Å². The maximum absolute atomic E-state index is 5.35. The Morgan fingerprint density at radius 3 is 1.82 bits per heavy atom. The topological polar surface area (TPSA) is 39.2 Å². The van der Waals surface area contributed by atoms with Crippen molar-refractivity contribution in [1.29, 1.82) is 0 Å². The standard InChI is InChI=1S/C14H11NO2/c1-10-8-11(13-4-2-6-16-13)15-12(9-10)14-5-3-7-17-14/h2-9H,1H3. The summed E-state index contributed by atoms with van der Waals surface area (Å²) in [6.45, 7) is 2.03. The van der Waals surface area contributed by atoms with Crippen LogP contribution < -0.4 is 0 Å². The van der Waals surface area contributed by atoms with Gasteiger partial charge in [0, 0.05) is 0 Å². The van der Waals surface area contributed by atoms with Gasteiger partial charge in [-0.3, -0.25) is 0 Å².